The van der Waals surface area contributed by atoms with E-state index in [-0.39, 0.29) is 30.6 Å². The molecular formula is C14H22Cl2N2O2S. The monoisotopic (exact) mass is 352 g/mol. The average Bonchev–Trinajstić information content (AvgIpc) is 3.01. The molecule has 1 aromatic carbocycles. The summed E-state index contributed by atoms with van der Waals surface area (Å²) in [7, 11) is -3.14. The fourth-order valence-electron chi connectivity index (χ4n) is 3.20. The molecule has 120 valence electrons. The fraction of sp³-hybridized carbons (Fsp3) is 0.571. The van der Waals surface area contributed by atoms with Gasteiger partial charge >= 0.3 is 0 Å². The summed E-state index contributed by atoms with van der Waals surface area (Å²) >= 11 is 0. The second-order valence-corrected chi connectivity index (χ2v) is 7.55. The van der Waals surface area contributed by atoms with Crippen LogP contribution >= 0.6 is 24.8 Å². The molecular weight excluding hydrogens is 331 g/mol. The summed E-state index contributed by atoms with van der Waals surface area (Å²) in [5, 5.41) is 3.39. The maximum atomic E-state index is 12.2. The maximum absolute atomic E-state index is 12.2. The van der Waals surface area contributed by atoms with Crippen LogP contribution in [0.4, 0.5) is 0 Å². The highest BCUT2D eigenvalue weighted by Crippen LogP contribution is 2.27. The predicted octanol–water partition coefficient (Wildman–Crippen LogP) is 1.60. The zero-order valence-corrected chi connectivity index (χ0v) is 14.2. The molecule has 7 heteroatoms. The molecule has 2 fully saturated rings. The number of nitrogens with zero attached hydrogens (tertiary/aromatic N) is 1. The SMILES string of the molecule is Cl.Cl.O=S(=O)(CCN1CC[C@H]2CNC[C@H]21)c1ccccc1. The Morgan fingerprint density at radius 3 is 2.57 bits per heavy atom. The molecule has 3 rings (SSSR count). The van der Waals surface area contributed by atoms with Gasteiger partial charge in [-0.3, -0.25) is 4.90 Å². The van der Waals surface area contributed by atoms with Crippen molar-refractivity contribution in [3.05, 3.63) is 30.3 Å². The Hall–Kier alpha value is -0.330. The number of hydrogen-bond donors (Lipinski definition) is 1. The number of sulfone groups is 1. The standard InChI is InChI=1S/C14H20N2O2S.2ClH/c17-19(18,13-4-2-1-3-5-13)9-8-16-7-6-12-10-15-11-14(12)16;;/h1-5,12,14-15H,6-11H2;2*1H/t12-,14+;;/m0../s1. The predicted molar refractivity (Wildman–Crippen MR) is 89.3 cm³/mol. The maximum Gasteiger partial charge on any atom is 0.179 e. The van der Waals surface area contributed by atoms with Gasteiger partial charge in [-0.2, -0.15) is 0 Å². The third-order valence-corrected chi connectivity index (χ3v) is 6.02. The van der Waals surface area contributed by atoms with Gasteiger partial charge in [-0.25, -0.2) is 8.42 Å². The van der Waals surface area contributed by atoms with E-state index in [1.165, 1.54) is 6.42 Å². The van der Waals surface area contributed by atoms with E-state index in [0.717, 1.165) is 25.6 Å². The van der Waals surface area contributed by atoms with Crippen molar-refractivity contribution in [2.75, 3.05) is 31.9 Å². The molecule has 0 unspecified atom stereocenters. The molecule has 21 heavy (non-hydrogen) atoms. The van der Waals surface area contributed by atoms with Gasteiger partial charge in [-0.05, 0) is 37.6 Å². The van der Waals surface area contributed by atoms with Crippen LogP contribution in [-0.4, -0.2) is 51.3 Å². The van der Waals surface area contributed by atoms with Crippen molar-refractivity contribution >= 4 is 34.7 Å². The Morgan fingerprint density at radius 2 is 1.86 bits per heavy atom. The quantitative estimate of drug-likeness (QED) is 0.893. The van der Waals surface area contributed by atoms with Crippen molar-refractivity contribution in [1.82, 2.24) is 10.2 Å². The van der Waals surface area contributed by atoms with Crippen molar-refractivity contribution in [2.24, 2.45) is 5.92 Å². The molecule has 2 aliphatic heterocycles. The van der Waals surface area contributed by atoms with Gasteiger partial charge < -0.3 is 5.32 Å². The van der Waals surface area contributed by atoms with E-state index in [1.54, 1.807) is 24.3 Å². The van der Waals surface area contributed by atoms with Crippen molar-refractivity contribution in [1.29, 1.82) is 0 Å². The number of fused-ring (bicyclic) bond motifs is 1. The second kappa shape index (κ2) is 7.79. The van der Waals surface area contributed by atoms with Crippen LogP contribution in [0.25, 0.3) is 0 Å². The molecule has 1 N–H and O–H groups in total. The highest BCUT2D eigenvalue weighted by atomic mass is 35.5. The van der Waals surface area contributed by atoms with Gasteiger partial charge in [0.25, 0.3) is 0 Å². The number of nitrogens with one attached hydrogen (secondary N) is 1. The van der Waals surface area contributed by atoms with Gasteiger partial charge in [0.1, 0.15) is 0 Å². The van der Waals surface area contributed by atoms with E-state index >= 15 is 0 Å². The van der Waals surface area contributed by atoms with Gasteiger partial charge in [-0.1, -0.05) is 18.2 Å². The number of halogens is 2. The largest absolute Gasteiger partial charge is 0.315 e. The van der Waals surface area contributed by atoms with Crippen LogP contribution in [0.15, 0.2) is 35.2 Å². The first-order chi connectivity index (χ1) is 9.17. The minimum Gasteiger partial charge on any atom is -0.315 e. The van der Waals surface area contributed by atoms with Crippen LogP contribution in [-0.2, 0) is 9.84 Å². The molecule has 0 bridgehead atoms. The zero-order chi connectivity index (χ0) is 13.3. The van der Waals surface area contributed by atoms with E-state index in [2.05, 4.69) is 10.2 Å². The van der Waals surface area contributed by atoms with Gasteiger partial charge in [0.2, 0.25) is 0 Å². The number of hydrogen-bond acceptors (Lipinski definition) is 4. The zero-order valence-electron chi connectivity index (χ0n) is 11.8. The third kappa shape index (κ3) is 4.11. The van der Waals surface area contributed by atoms with E-state index < -0.39 is 9.84 Å². The summed E-state index contributed by atoms with van der Waals surface area (Å²) in [6.07, 6.45) is 1.20. The summed E-state index contributed by atoms with van der Waals surface area (Å²) in [5.74, 6) is 0.944. The van der Waals surface area contributed by atoms with Crippen molar-refractivity contribution in [3.8, 4) is 0 Å². The lowest BCUT2D eigenvalue weighted by Crippen LogP contribution is -2.37. The van der Waals surface area contributed by atoms with Crippen LogP contribution < -0.4 is 5.32 Å². The first-order valence-electron chi connectivity index (χ1n) is 6.89. The topological polar surface area (TPSA) is 49.4 Å². The van der Waals surface area contributed by atoms with E-state index in [1.807, 2.05) is 6.07 Å². The van der Waals surface area contributed by atoms with E-state index in [9.17, 15) is 8.42 Å². The summed E-state index contributed by atoms with van der Waals surface area (Å²) in [4.78, 5) is 2.78. The lowest BCUT2D eigenvalue weighted by molar-refractivity contribution is 0.266. The molecule has 2 heterocycles. The van der Waals surface area contributed by atoms with E-state index in [4.69, 9.17) is 0 Å². The van der Waals surface area contributed by atoms with Gasteiger partial charge in [0.15, 0.2) is 9.84 Å². The number of benzene rings is 1. The minimum atomic E-state index is -3.14. The summed E-state index contributed by atoms with van der Waals surface area (Å²) in [6, 6.07) is 9.30. The lowest BCUT2D eigenvalue weighted by Gasteiger charge is -2.22. The van der Waals surface area contributed by atoms with Crippen LogP contribution in [0.5, 0.6) is 0 Å². The van der Waals surface area contributed by atoms with Crippen LogP contribution in [0.2, 0.25) is 0 Å². The Morgan fingerprint density at radius 1 is 1.14 bits per heavy atom. The Bertz CT molecular complexity index is 539. The number of rotatable bonds is 4. The molecule has 0 saturated carbocycles. The van der Waals surface area contributed by atoms with Gasteiger partial charge in [0.05, 0.1) is 10.6 Å². The van der Waals surface area contributed by atoms with Gasteiger partial charge in [0, 0.05) is 19.1 Å². The Kier molecular flexibility index (Phi) is 6.94. The molecule has 2 atom stereocenters. The first-order valence-corrected chi connectivity index (χ1v) is 8.54. The van der Waals surface area contributed by atoms with Crippen LogP contribution in [0.3, 0.4) is 0 Å². The minimum absolute atomic E-state index is 0. The van der Waals surface area contributed by atoms with Crippen LogP contribution in [0, 0.1) is 5.92 Å². The van der Waals surface area contributed by atoms with Crippen molar-refractivity contribution < 1.29 is 8.42 Å². The number of likely N-dealkylation sites (tertiary alicyclic amines) is 1. The van der Waals surface area contributed by atoms with Gasteiger partial charge in [-0.15, -0.1) is 24.8 Å². The van der Waals surface area contributed by atoms with E-state index in [0.29, 0.717) is 17.5 Å². The highest BCUT2D eigenvalue weighted by molar-refractivity contribution is 7.91. The Balaban J connectivity index is 0.00000110. The van der Waals surface area contributed by atoms with Crippen molar-refractivity contribution in [3.63, 3.8) is 0 Å². The molecule has 0 amide bonds. The molecule has 2 saturated heterocycles. The normalized spacial score (nSPS) is 25.0. The molecule has 4 nitrogen and oxygen atoms in total. The van der Waals surface area contributed by atoms with Crippen molar-refractivity contribution in [2.45, 2.75) is 17.4 Å². The smallest absolute Gasteiger partial charge is 0.179 e. The summed E-state index contributed by atoms with van der Waals surface area (Å²) in [5.41, 5.74) is 0. The first kappa shape index (κ1) is 18.7. The molecule has 0 spiro atoms. The average molecular weight is 353 g/mol. The second-order valence-electron chi connectivity index (χ2n) is 5.44. The van der Waals surface area contributed by atoms with Crippen LogP contribution in [0.1, 0.15) is 6.42 Å². The highest BCUT2D eigenvalue weighted by Gasteiger charge is 2.37. The Labute approximate surface area is 139 Å². The fourth-order valence-corrected chi connectivity index (χ4v) is 4.48. The third-order valence-electron chi connectivity index (χ3n) is 4.31. The molecule has 0 aliphatic carbocycles. The molecule has 0 radical (unpaired) electrons. The molecule has 0 aromatic heterocycles. The summed E-state index contributed by atoms with van der Waals surface area (Å²) < 4.78 is 24.5. The molecule has 1 aromatic rings. The lowest BCUT2D eigenvalue weighted by atomic mass is 10.1. The summed E-state index contributed by atoms with van der Waals surface area (Å²) in [6.45, 7) is 3.80. The molecule has 2 aliphatic rings.